The Balaban J connectivity index is 1.68. The van der Waals surface area contributed by atoms with Crippen LogP contribution in [0.1, 0.15) is 60.9 Å². The van der Waals surface area contributed by atoms with E-state index in [1.54, 1.807) is 26.2 Å². The van der Waals surface area contributed by atoms with Gasteiger partial charge in [-0.1, -0.05) is 12.1 Å². The van der Waals surface area contributed by atoms with Gasteiger partial charge in [0.05, 0.1) is 0 Å². The number of hydrogen-bond acceptors (Lipinski definition) is 3. The monoisotopic (exact) mass is 353 g/mol. The minimum Gasteiger partial charge on any atom is -0.354 e. The van der Waals surface area contributed by atoms with E-state index in [1.165, 1.54) is 4.90 Å². The molecule has 136 valence electrons. The lowest BCUT2D eigenvalue weighted by Crippen LogP contribution is -2.24. The first-order chi connectivity index (χ1) is 12.4. The number of aromatic nitrogens is 1. The van der Waals surface area contributed by atoms with Crippen molar-refractivity contribution in [1.82, 2.24) is 15.2 Å². The number of aryl methyl sites for hydroxylation is 1. The topological polar surface area (TPSA) is 82.3 Å². The smallest absolute Gasteiger partial charge is 0.268 e. The summed E-state index contributed by atoms with van der Waals surface area (Å²) in [5, 5.41) is 2.87. The van der Waals surface area contributed by atoms with Crippen molar-refractivity contribution >= 4 is 17.6 Å². The van der Waals surface area contributed by atoms with Crippen LogP contribution in [0, 0.1) is 6.92 Å². The Bertz CT molecular complexity index is 863. The third-order valence-corrected chi connectivity index (χ3v) is 4.72. The zero-order chi connectivity index (χ0) is 18.8. The fourth-order valence-electron chi connectivity index (χ4n) is 3.30. The SMILES string of the molecule is Cc1c(C(=O)NCc2ccc(C(=O)N(C)C)cc2)[nH]c2c1C(=O)CCC2. The summed E-state index contributed by atoms with van der Waals surface area (Å²) in [6.07, 6.45) is 2.17. The lowest BCUT2D eigenvalue weighted by molar-refractivity contribution is 0.0826. The zero-order valence-corrected chi connectivity index (χ0v) is 15.3. The lowest BCUT2D eigenvalue weighted by atomic mass is 9.94. The fraction of sp³-hybridized carbons (Fsp3) is 0.350. The highest BCUT2D eigenvalue weighted by atomic mass is 16.2. The van der Waals surface area contributed by atoms with Crippen molar-refractivity contribution in [1.29, 1.82) is 0 Å². The van der Waals surface area contributed by atoms with Gasteiger partial charge in [-0.3, -0.25) is 14.4 Å². The van der Waals surface area contributed by atoms with Crippen molar-refractivity contribution in [2.45, 2.75) is 32.7 Å². The number of hydrogen-bond donors (Lipinski definition) is 2. The Labute approximate surface area is 152 Å². The normalized spacial score (nSPS) is 13.3. The Hall–Kier alpha value is -2.89. The first kappa shape index (κ1) is 17.9. The second-order valence-corrected chi connectivity index (χ2v) is 6.83. The summed E-state index contributed by atoms with van der Waals surface area (Å²) in [5.41, 5.74) is 4.26. The molecule has 1 aromatic heterocycles. The minimum absolute atomic E-state index is 0.0576. The summed E-state index contributed by atoms with van der Waals surface area (Å²) in [4.78, 5) is 41.1. The standard InChI is InChI=1S/C20H23N3O3/c1-12-17-15(5-4-6-16(17)24)22-18(12)19(25)21-11-13-7-9-14(10-8-13)20(26)23(2)3/h7-10,22H,4-6,11H2,1-3H3,(H,21,25). The number of carbonyl (C=O) groups is 3. The van der Waals surface area contributed by atoms with E-state index in [2.05, 4.69) is 10.3 Å². The van der Waals surface area contributed by atoms with Crippen LogP contribution < -0.4 is 5.32 Å². The molecule has 1 aliphatic carbocycles. The number of benzene rings is 1. The van der Waals surface area contributed by atoms with Gasteiger partial charge < -0.3 is 15.2 Å². The van der Waals surface area contributed by atoms with Crippen molar-refractivity contribution in [3.8, 4) is 0 Å². The van der Waals surface area contributed by atoms with Gasteiger partial charge in [0.2, 0.25) is 0 Å². The van der Waals surface area contributed by atoms with E-state index in [-0.39, 0.29) is 17.6 Å². The first-order valence-electron chi connectivity index (χ1n) is 8.72. The first-order valence-corrected chi connectivity index (χ1v) is 8.72. The third kappa shape index (κ3) is 3.40. The number of aromatic amines is 1. The number of fused-ring (bicyclic) bond motifs is 1. The highest BCUT2D eigenvalue weighted by molar-refractivity contribution is 6.04. The van der Waals surface area contributed by atoms with Gasteiger partial charge in [0.1, 0.15) is 5.69 Å². The quantitative estimate of drug-likeness (QED) is 0.886. The summed E-state index contributed by atoms with van der Waals surface area (Å²) >= 11 is 0. The molecule has 2 amide bonds. The summed E-state index contributed by atoms with van der Waals surface area (Å²) in [5.74, 6) is -0.170. The van der Waals surface area contributed by atoms with Crippen molar-refractivity contribution in [2.24, 2.45) is 0 Å². The number of nitrogens with zero attached hydrogens (tertiary/aromatic N) is 1. The molecule has 0 saturated carbocycles. The van der Waals surface area contributed by atoms with E-state index < -0.39 is 0 Å². The van der Waals surface area contributed by atoms with Gasteiger partial charge in [0, 0.05) is 43.9 Å². The number of rotatable bonds is 4. The molecule has 0 fully saturated rings. The van der Waals surface area contributed by atoms with Crippen molar-refractivity contribution in [3.63, 3.8) is 0 Å². The van der Waals surface area contributed by atoms with Crippen LogP contribution in [0.3, 0.4) is 0 Å². The molecule has 6 heteroatoms. The Morgan fingerprint density at radius 3 is 2.46 bits per heavy atom. The fourth-order valence-corrected chi connectivity index (χ4v) is 3.30. The number of ketones is 1. The van der Waals surface area contributed by atoms with E-state index in [0.29, 0.717) is 29.8 Å². The Morgan fingerprint density at radius 1 is 1.15 bits per heavy atom. The minimum atomic E-state index is -0.224. The molecule has 2 aromatic rings. The summed E-state index contributed by atoms with van der Waals surface area (Å²) < 4.78 is 0. The number of nitrogens with one attached hydrogen (secondary N) is 2. The van der Waals surface area contributed by atoms with Crippen LogP contribution in [0.15, 0.2) is 24.3 Å². The molecule has 0 unspecified atom stereocenters. The number of carbonyl (C=O) groups excluding carboxylic acids is 3. The van der Waals surface area contributed by atoms with E-state index in [1.807, 2.05) is 19.1 Å². The molecule has 26 heavy (non-hydrogen) atoms. The molecule has 0 bridgehead atoms. The van der Waals surface area contributed by atoms with E-state index in [4.69, 9.17) is 0 Å². The van der Waals surface area contributed by atoms with Gasteiger partial charge in [-0.2, -0.15) is 0 Å². The van der Waals surface area contributed by atoms with E-state index in [9.17, 15) is 14.4 Å². The lowest BCUT2D eigenvalue weighted by Gasteiger charge is -2.11. The van der Waals surface area contributed by atoms with Crippen LogP contribution in [0.5, 0.6) is 0 Å². The third-order valence-electron chi connectivity index (χ3n) is 4.72. The molecule has 0 aliphatic heterocycles. The average molecular weight is 353 g/mol. The molecule has 0 radical (unpaired) electrons. The maximum absolute atomic E-state index is 12.5. The van der Waals surface area contributed by atoms with Crippen LogP contribution in [0.4, 0.5) is 0 Å². The highest BCUT2D eigenvalue weighted by Crippen LogP contribution is 2.26. The van der Waals surface area contributed by atoms with Crippen LogP contribution in [-0.4, -0.2) is 41.6 Å². The Morgan fingerprint density at radius 2 is 1.85 bits per heavy atom. The molecule has 6 nitrogen and oxygen atoms in total. The van der Waals surface area contributed by atoms with Gasteiger partial charge in [-0.05, 0) is 43.0 Å². The number of amides is 2. The average Bonchev–Trinajstić information content (AvgIpc) is 2.97. The summed E-state index contributed by atoms with van der Waals surface area (Å²) in [6, 6.07) is 7.16. The van der Waals surface area contributed by atoms with Crippen LogP contribution >= 0.6 is 0 Å². The van der Waals surface area contributed by atoms with Gasteiger partial charge in [0.25, 0.3) is 11.8 Å². The molecule has 0 atom stereocenters. The maximum Gasteiger partial charge on any atom is 0.268 e. The predicted octanol–water partition coefficient (Wildman–Crippen LogP) is 2.47. The zero-order valence-electron chi connectivity index (χ0n) is 15.3. The van der Waals surface area contributed by atoms with Crippen molar-refractivity contribution in [2.75, 3.05) is 14.1 Å². The van der Waals surface area contributed by atoms with Crippen LogP contribution in [0.25, 0.3) is 0 Å². The van der Waals surface area contributed by atoms with Crippen molar-refractivity contribution < 1.29 is 14.4 Å². The molecular formula is C20H23N3O3. The Kier molecular flexibility index (Phi) is 4.93. The molecule has 2 N–H and O–H groups in total. The van der Waals surface area contributed by atoms with Crippen molar-refractivity contribution in [3.05, 3.63) is 57.9 Å². The molecule has 1 heterocycles. The predicted molar refractivity (Wildman–Crippen MR) is 98.4 cm³/mol. The summed E-state index contributed by atoms with van der Waals surface area (Å²) in [7, 11) is 3.42. The molecular weight excluding hydrogens is 330 g/mol. The summed E-state index contributed by atoms with van der Waals surface area (Å²) in [6.45, 7) is 2.17. The van der Waals surface area contributed by atoms with E-state index >= 15 is 0 Å². The molecule has 0 spiro atoms. The van der Waals surface area contributed by atoms with Gasteiger partial charge in [-0.15, -0.1) is 0 Å². The maximum atomic E-state index is 12.5. The molecule has 0 saturated heterocycles. The highest BCUT2D eigenvalue weighted by Gasteiger charge is 2.26. The molecule has 3 rings (SSSR count). The van der Waals surface area contributed by atoms with Gasteiger partial charge in [0.15, 0.2) is 5.78 Å². The van der Waals surface area contributed by atoms with Crippen LogP contribution in [0.2, 0.25) is 0 Å². The molecule has 1 aliphatic rings. The number of Topliss-reactive ketones (excluding diaryl/α,β-unsaturated/α-hetero) is 1. The second kappa shape index (κ2) is 7.15. The number of H-pyrrole nitrogens is 1. The van der Waals surface area contributed by atoms with Gasteiger partial charge >= 0.3 is 0 Å². The second-order valence-electron chi connectivity index (χ2n) is 6.83. The largest absolute Gasteiger partial charge is 0.354 e. The molecule has 1 aromatic carbocycles. The van der Waals surface area contributed by atoms with Gasteiger partial charge in [-0.25, -0.2) is 0 Å². The van der Waals surface area contributed by atoms with E-state index in [0.717, 1.165) is 29.7 Å². The van der Waals surface area contributed by atoms with Crippen LogP contribution in [-0.2, 0) is 13.0 Å².